The number of methoxy groups -OCH3 is 3. The van der Waals surface area contributed by atoms with E-state index in [1.54, 1.807) is 68.9 Å². The molecule has 0 fully saturated rings. The van der Waals surface area contributed by atoms with Crippen LogP contribution in [0.2, 0.25) is 0 Å². The van der Waals surface area contributed by atoms with Crippen molar-refractivity contribution >= 4 is 46.0 Å². The van der Waals surface area contributed by atoms with Gasteiger partial charge in [0.25, 0.3) is 0 Å². The number of aryl methyl sites for hydroxylation is 3. The lowest BCUT2D eigenvalue weighted by Gasteiger charge is -2.19. The summed E-state index contributed by atoms with van der Waals surface area (Å²) in [7, 11) is 8.02. The molecule has 1 aliphatic rings. The van der Waals surface area contributed by atoms with Gasteiger partial charge in [-0.2, -0.15) is 11.8 Å². The Hall–Kier alpha value is -4.91. The van der Waals surface area contributed by atoms with Gasteiger partial charge in [0.05, 0.1) is 44.1 Å². The number of anilines is 2. The van der Waals surface area contributed by atoms with Gasteiger partial charge in [0.2, 0.25) is 23.0 Å². The zero-order valence-corrected chi connectivity index (χ0v) is 29.0. The van der Waals surface area contributed by atoms with Gasteiger partial charge in [-0.1, -0.05) is 6.07 Å². The van der Waals surface area contributed by atoms with Crippen LogP contribution in [0.25, 0.3) is 22.2 Å². The van der Waals surface area contributed by atoms with Gasteiger partial charge in [-0.25, -0.2) is 4.79 Å². The summed E-state index contributed by atoms with van der Waals surface area (Å²) < 4.78 is 20.2. The van der Waals surface area contributed by atoms with Gasteiger partial charge in [-0.15, -0.1) is 0 Å². The van der Waals surface area contributed by atoms with Gasteiger partial charge < -0.3 is 30.2 Å². The minimum Gasteiger partial charge on any atom is -0.493 e. The van der Waals surface area contributed by atoms with Crippen molar-refractivity contribution in [2.45, 2.75) is 38.3 Å². The summed E-state index contributed by atoms with van der Waals surface area (Å²) >= 11 is 1.59. The second-order valence-corrected chi connectivity index (χ2v) is 12.7. The molecular formula is C35H41N5O7S. The number of aromatic nitrogens is 2. The topological polar surface area (TPSA) is 142 Å². The van der Waals surface area contributed by atoms with E-state index >= 15 is 0 Å². The number of carbonyl (C=O) groups excluding carboxylic acids is 2. The Labute approximate surface area is 282 Å². The first-order valence-electron chi connectivity index (χ1n) is 15.5. The highest BCUT2D eigenvalue weighted by atomic mass is 32.2. The first kappa shape index (κ1) is 34.4. The predicted molar refractivity (Wildman–Crippen MR) is 190 cm³/mol. The highest BCUT2D eigenvalue weighted by Gasteiger charge is 2.30. The zero-order valence-electron chi connectivity index (χ0n) is 28.2. The van der Waals surface area contributed by atoms with Gasteiger partial charge >= 0.3 is 5.69 Å². The molecule has 0 spiro atoms. The number of ether oxygens (including phenoxy) is 3. The molecule has 1 heterocycles. The summed E-state index contributed by atoms with van der Waals surface area (Å²) in [6.45, 7) is 1.45. The molecule has 2 amide bonds. The first-order valence-corrected chi connectivity index (χ1v) is 16.9. The molecule has 2 unspecified atom stereocenters. The van der Waals surface area contributed by atoms with Crippen molar-refractivity contribution in [2.75, 3.05) is 44.0 Å². The lowest BCUT2D eigenvalue weighted by atomic mass is 9.95. The normalized spacial score (nSPS) is 14.3. The highest BCUT2D eigenvalue weighted by molar-refractivity contribution is 7.98. The van der Waals surface area contributed by atoms with Crippen molar-refractivity contribution in [3.8, 4) is 28.4 Å². The average molecular weight is 676 g/mol. The third kappa shape index (κ3) is 6.59. The number of thioether (sulfide) groups is 1. The van der Waals surface area contributed by atoms with Crippen LogP contribution < -0.4 is 41.3 Å². The summed E-state index contributed by atoms with van der Waals surface area (Å²) in [5.74, 6) is 1.50. The molecule has 5 rings (SSSR count). The number of hydrogen-bond donors (Lipinski definition) is 3. The van der Waals surface area contributed by atoms with E-state index in [1.165, 1.54) is 24.7 Å². The van der Waals surface area contributed by atoms with Crippen LogP contribution in [0, 0.1) is 0 Å². The fourth-order valence-electron chi connectivity index (χ4n) is 6.33. The summed E-state index contributed by atoms with van der Waals surface area (Å²) in [4.78, 5) is 52.3. The van der Waals surface area contributed by atoms with E-state index in [9.17, 15) is 19.2 Å². The number of amides is 2. The number of carbonyl (C=O) groups is 2. The Morgan fingerprint density at radius 2 is 1.69 bits per heavy atom. The molecule has 0 saturated heterocycles. The maximum atomic E-state index is 13.9. The molecular weight excluding hydrogens is 634 g/mol. The number of nitrogens with one attached hydrogen (secondary N) is 3. The van der Waals surface area contributed by atoms with E-state index in [4.69, 9.17) is 14.2 Å². The lowest BCUT2D eigenvalue weighted by Crippen LogP contribution is -2.36. The van der Waals surface area contributed by atoms with Crippen LogP contribution in [0.1, 0.15) is 36.9 Å². The van der Waals surface area contributed by atoms with E-state index in [-0.39, 0.29) is 28.6 Å². The van der Waals surface area contributed by atoms with Crippen LogP contribution >= 0.6 is 11.8 Å². The summed E-state index contributed by atoms with van der Waals surface area (Å²) in [5, 5.41) is 9.19. The van der Waals surface area contributed by atoms with Crippen molar-refractivity contribution in [3.63, 3.8) is 0 Å². The number of hydrogen-bond acceptors (Lipinski definition) is 9. The molecule has 0 bridgehead atoms. The van der Waals surface area contributed by atoms with Crippen molar-refractivity contribution in [1.29, 1.82) is 0 Å². The number of benzene rings is 2. The van der Waals surface area contributed by atoms with Gasteiger partial charge in [-0.05, 0) is 84.4 Å². The quantitative estimate of drug-likeness (QED) is 0.213. The Morgan fingerprint density at radius 3 is 2.35 bits per heavy atom. The Bertz CT molecular complexity index is 2000. The molecule has 48 heavy (non-hydrogen) atoms. The van der Waals surface area contributed by atoms with Crippen molar-refractivity contribution in [1.82, 2.24) is 14.5 Å². The molecule has 2 atom stereocenters. The van der Waals surface area contributed by atoms with Crippen molar-refractivity contribution in [3.05, 3.63) is 74.3 Å². The van der Waals surface area contributed by atoms with E-state index in [0.29, 0.717) is 64.6 Å². The van der Waals surface area contributed by atoms with Gasteiger partial charge in [0.15, 0.2) is 11.5 Å². The molecule has 13 heteroatoms. The minimum absolute atomic E-state index is 0.162. The molecule has 1 aliphatic carbocycles. The van der Waals surface area contributed by atoms with Gasteiger partial charge in [0.1, 0.15) is 6.04 Å². The molecule has 3 aromatic carbocycles. The Morgan fingerprint density at radius 1 is 0.958 bits per heavy atom. The van der Waals surface area contributed by atoms with Gasteiger partial charge in [-0.3, -0.25) is 23.5 Å². The maximum absolute atomic E-state index is 13.9. The van der Waals surface area contributed by atoms with E-state index in [1.807, 2.05) is 18.4 Å². The average Bonchev–Trinajstić information content (AvgIpc) is 3.18. The van der Waals surface area contributed by atoms with E-state index in [2.05, 4.69) is 16.0 Å². The van der Waals surface area contributed by atoms with E-state index in [0.717, 1.165) is 16.6 Å². The molecule has 4 aromatic rings. The molecule has 0 radical (unpaired) electrons. The third-order valence-corrected chi connectivity index (χ3v) is 9.36. The van der Waals surface area contributed by atoms with Crippen LogP contribution in [0.3, 0.4) is 0 Å². The molecule has 1 aromatic heterocycles. The van der Waals surface area contributed by atoms with Crippen LogP contribution in [-0.2, 0) is 30.1 Å². The van der Waals surface area contributed by atoms with Crippen LogP contribution in [0.15, 0.2) is 52.1 Å². The molecule has 0 aliphatic heterocycles. The molecule has 254 valence electrons. The van der Waals surface area contributed by atoms with Crippen LogP contribution in [0.4, 0.5) is 11.4 Å². The summed E-state index contributed by atoms with van der Waals surface area (Å²) in [6, 6.07) is 11.0. The number of rotatable bonds is 11. The van der Waals surface area contributed by atoms with Crippen molar-refractivity contribution in [2.24, 2.45) is 14.1 Å². The molecule has 12 nitrogen and oxygen atoms in total. The number of fused-ring (bicyclic) bond motifs is 4. The fourth-order valence-corrected chi connectivity index (χ4v) is 6.80. The largest absolute Gasteiger partial charge is 0.493 e. The monoisotopic (exact) mass is 675 g/mol. The van der Waals surface area contributed by atoms with Gasteiger partial charge in [0, 0.05) is 32.3 Å². The Kier molecular flexibility index (Phi) is 10.4. The predicted octanol–water partition coefficient (Wildman–Crippen LogP) is 4.23. The molecule has 0 saturated carbocycles. The number of imidazole rings is 1. The highest BCUT2D eigenvalue weighted by Crippen LogP contribution is 2.50. The lowest BCUT2D eigenvalue weighted by molar-refractivity contribution is -0.120. The second-order valence-electron chi connectivity index (χ2n) is 11.7. The smallest absolute Gasteiger partial charge is 0.328 e. The molecule has 3 N–H and O–H groups in total. The summed E-state index contributed by atoms with van der Waals surface area (Å²) in [6.07, 6.45) is 3.50. The summed E-state index contributed by atoms with van der Waals surface area (Å²) in [5.41, 5.74) is 4.66. The van der Waals surface area contributed by atoms with Crippen LogP contribution in [0.5, 0.6) is 17.2 Å². The zero-order chi connectivity index (χ0) is 34.7. The third-order valence-electron chi connectivity index (χ3n) is 8.71. The number of nitrogens with zero attached hydrogens (tertiary/aromatic N) is 2. The maximum Gasteiger partial charge on any atom is 0.328 e. The fraction of sp³-hybridized carbons (Fsp3) is 0.371. The second kappa shape index (κ2) is 14.5. The Balaban J connectivity index is 1.57. The van der Waals surface area contributed by atoms with Crippen LogP contribution in [-0.4, -0.2) is 60.3 Å². The SMILES string of the molecule is COc1cc2c(c(OC)c1OC)-c1ccc(NC(CCSC)C(=O)Nc3ccc4c(c3)n(C)c(=O)n4C)c(=O)cc1C(NC(C)=O)CC2. The standard InChI is InChI=1S/C35H41N5O7S/c1-19(41)36-24-11-8-20-16-30(45-4)32(46-5)33(47-6)31(20)22-10-12-25(29(42)18-23(22)24)38-26(14-15-48-7)34(43)37-21-9-13-27-28(17-21)40(3)35(44)39(27)2/h9-10,12-13,16-18,24,26H,8,11,14-15H2,1-7H3,(H,36,41)(H,37,43)(H,38,42). The first-order chi connectivity index (χ1) is 23.0. The van der Waals surface area contributed by atoms with E-state index < -0.39 is 12.1 Å². The van der Waals surface area contributed by atoms with Crippen molar-refractivity contribution < 1.29 is 23.8 Å². The minimum atomic E-state index is -0.750.